The van der Waals surface area contributed by atoms with E-state index in [9.17, 15) is 0 Å². The van der Waals surface area contributed by atoms with Crippen LogP contribution in [0.3, 0.4) is 0 Å². The molecule has 0 atom stereocenters. The summed E-state index contributed by atoms with van der Waals surface area (Å²) in [7, 11) is 0. The minimum absolute atomic E-state index is 0.0168. The van der Waals surface area contributed by atoms with E-state index in [1.165, 1.54) is 89.5 Å². The van der Waals surface area contributed by atoms with Gasteiger partial charge in [-0.25, -0.2) is 0 Å². The zero-order valence-electron chi connectivity index (χ0n) is 39.0. The molecule has 5 heteroatoms. The van der Waals surface area contributed by atoms with E-state index in [1.54, 1.807) is 0 Å². The molecule has 0 radical (unpaired) electrons. The molecule has 64 heavy (non-hydrogen) atoms. The largest absolute Gasteiger partial charge is 0.456 e. The van der Waals surface area contributed by atoms with Gasteiger partial charge < -0.3 is 18.6 Å². The molecule has 7 aromatic carbocycles. The van der Waals surface area contributed by atoms with Crippen LogP contribution in [0.5, 0.6) is 0 Å². The molecule has 0 aliphatic carbocycles. The van der Waals surface area contributed by atoms with Crippen LogP contribution in [-0.2, 0) is 10.8 Å². The summed E-state index contributed by atoms with van der Waals surface area (Å²) >= 11 is 0. The van der Waals surface area contributed by atoms with Crippen molar-refractivity contribution in [3.05, 3.63) is 172 Å². The molecule has 11 rings (SSSR count). The Bertz CT molecular complexity index is 3060. The molecule has 4 nitrogen and oxygen atoms in total. The summed E-state index contributed by atoms with van der Waals surface area (Å²) in [6.07, 6.45) is 0. The first-order chi connectivity index (χ1) is 30.5. The topological polar surface area (TPSA) is 32.8 Å². The average molecular weight is 835 g/mol. The van der Waals surface area contributed by atoms with E-state index >= 15 is 0 Å². The van der Waals surface area contributed by atoms with Crippen molar-refractivity contribution in [1.29, 1.82) is 0 Å². The molecular formula is C59H55BN2O2. The van der Waals surface area contributed by atoms with Crippen molar-refractivity contribution < 1.29 is 8.83 Å². The second kappa shape index (κ2) is 14.1. The van der Waals surface area contributed by atoms with Gasteiger partial charge in [-0.2, -0.15) is 0 Å². The lowest BCUT2D eigenvalue weighted by molar-refractivity contribution is 0.589. The highest BCUT2D eigenvalue weighted by Gasteiger charge is 2.45. The van der Waals surface area contributed by atoms with Crippen LogP contribution in [0, 0.1) is 34.6 Å². The Labute approximate surface area is 378 Å². The lowest BCUT2D eigenvalue weighted by Crippen LogP contribution is -2.61. The van der Waals surface area contributed by atoms with Crippen LogP contribution in [0.2, 0.25) is 0 Å². The van der Waals surface area contributed by atoms with Crippen LogP contribution in [0.1, 0.15) is 80.5 Å². The molecule has 0 saturated carbocycles. The first kappa shape index (κ1) is 40.1. The summed E-state index contributed by atoms with van der Waals surface area (Å²) in [5.41, 5.74) is 23.9. The molecule has 0 amide bonds. The zero-order valence-corrected chi connectivity index (χ0v) is 39.0. The van der Waals surface area contributed by atoms with Gasteiger partial charge in [-0.05, 0) is 161 Å². The second-order valence-corrected chi connectivity index (χ2v) is 20.6. The van der Waals surface area contributed by atoms with E-state index < -0.39 is 0 Å². The number of nitrogens with zero attached hydrogens (tertiary/aromatic N) is 2. The monoisotopic (exact) mass is 834 g/mol. The summed E-state index contributed by atoms with van der Waals surface area (Å²) < 4.78 is 13.2. The van der Waals surface area contributed by atoms with Gasteiger partial charge in [0, 0.05) is 44.6 Å². The van der Waals surface area contributed by atoms with Crippen molar-refractivity contribution in [2.45, 2.75) is 87.0 Å². The third-order valence-electron chi connectivity index (χ3n) is 13.8. The van der Waals surface area contributed by atoms with Gasteiger partial charge in [-0.15, -0.1) is 0 Å². The van der Waals surface area contributed by atoms with Gasteiger partial charge in [0.15, 0.2) is 0 Å². The van der Waals surface area contributed by atoms with Crippen LogP contribution in [0.15, 0.2) is 142 Å². The number of fused-ring (bicyclic) bond motifs is 6. The highest BCUT2D eigenvalue weighted by Crippen LogP contribution is 2.49. The highest BCUT2D eigenvalue weighted by atomic mass is 16.3. The molecule has 316 valence electrons. The number of aryl methyl sites for hydroxylation is 5. The van der Waals surface area contributed by atoms with E-state index in [-0.39, 0.29) is 17.5 Å². The van der Waals surface area contributed by atoms with Crippen LogP contribution in [-0.4, -0.2) is 6.71 Å². The molecule has 9 aromatic rings. The van der Waals surface area contributed by atoms with Gasteiger partial charge in [0.1, 0.15) is 22.7 Å². The standard InChI is InChI=1S/C59H55BN2O2/c1-34-24-49-55-50(25-34)62(57-37(4)28-44(29-38(57)5)59(9,10)11)48-23-21-42(54-33-40-17-13-15-19-52(40)64-54)31-46(48)60(55)45-30-41(53-32-39-16-12-14-18-51(39)63-53)20-22-47(45)61(49)56-35(2)26-43(27-36(56)3)58(6,7)8/h12-33H,1-11H3. The van der Waals surface area contributed by atoms with Gasteiger partial charge in [0.05, 0.1) is 11.4 Å². The molecule has 0 N–H and O–H groups in total. The molecule has 0 saturated heterocycles. The summed E-state index contributed by atoms with van der Waals surface area (Å²) in [6, 6.07) is 49.5. The Hall–Kier alpha value is -6.72. The van der Waals surface area contributed by atoms with Gasteiger partial charge in [-0.3, -0.25) is 0 Å². The molecule has 2 aliphatic rings. The van der Waals surface area contributed by atoms with E-state index in [2.05, 4.69) is 207 Å². The SMILES string of the molecule is Cc1cc2c3c(c1)N(c1c(C)cc(C(C)(C)C)cc1C)c1ccc(-c4cc5ccccc5o4)cc1B3c1cc(-c3cc4ccccc4o3)ccc1N2c1c(C)cc(C(C)(C)C)cc1C. The Balaban J connectivity index is 1.24. The number of hydrogen-bond acceptors (Lipinski definition) is 4. The molecule has 4 heterocycles. The van der Waals surface area contributed by atoms with E-state index in [0.717, 1.165) is 44.6 Å². The van der Waals surface area contributed by atoms with Crippen molar-refractivity contribution in [3.8, 4) is 22.6 Å². The Kier molecular flexibility index (Phi) is 8.86. The number of hydrogen-bond donors (Lipinski definition) is 0. The summed E-state index contributed by atoms with van der Waals surface area (Å²) in [5.74, 6) is 1.73. The molecule has 0 spiro atoms. The maximum atomic E-state index is 6.61. The van der Waals surface area contributed by atoms with Crippen LogP contribution in [0.4, 0.5) is 34.1 Å². The minimum atomic E-state index is -0.0966. The number of para-hydroxylation sites is 2. The maximum Gasteiger partial charge on any atom is 0.252 e. The molecule has 2 aromatic heterocycles. The van der Waals surface area contributed by atoms with Gasteiger partial charge in [0.25, 0.3) is 6.71 Å². The first-order valence-electron chi connectivity index (χ1n) is 22.8. The first-order valence-corrected chi connectivity index (χ1v) is 22.8. The highest BCUT2D eigenvalue weighted by molar-refractivity contribution is 7.00. The van der Waals surface area contributed by atoms with E-state index in [0.29, 0.717) is 0 Å². The molecular weight excluding hydrogens is 779 g/mol. The number of furan rings is 2. The van der Waals surface area contributed by atoms with Crippen molar-refractivity contribution >= 4 is 79.2 Å². The third-order valence-corrected chi connectivity index (χ3v) is 13.8. The van der Waals surface area contributed by atoms with Crippen LogP contribution in [0.25, 0.3) is 44.6 Å². The fourth-order valence-electron chi connectivity index (χ4n) is 10.7. The predicted molar refractivity (Wildman–Crippen MR) is 272 cm³/mol. The maximum absolute atomic E-state index is 6.61. The molecule has 0 bridgehead atoms. The second-order valence-electron chi connectivity index (χ2n) is 20.6. The molecule has 0 fully saturated rings. The lowest BCUT2D eigenvalue weighted by atomic mass is 9.33. The van der Waals surface area contributed by atoms with Gasteiger partial charge in [-0.1, -0.05) is 114 Å². The Morgan fingerprint density at radius 2 is 0.812 bits per heavy atom. The van der Waals surface area contributed by atoms with Crippen molar-refractivity contribution in [3.63, 3.8) is 0 Å². The number of anilines is 6. The Morgan fingerprint density at radius 3 is 1.19 bits per heavy atom. The normalized spacial score (nSPS) is 13.5. The van der Waals surface area contributed by atoms with Gasteiger partial charge >= 0.3 is 0 Å². The fourth-order valence-corrected chi connectivity index (χ4v) is 10.7. The van der Waals surface area contributed by atoms with Crippen molar-refractivity contribution in [2.75, 3.05) is 9.80 Å². The Morgan fingerprint density at radius 1 is 0.422 bits per heavy atom. The summed E-state index contributed by atoms with van der Waals surface area (Å²) in [5, 5.41) is 2.20. The number of benzene rings is 7. The van der Waals surface area contributed by atoms with Crippen LogP contribution < -0.4 is 26.2 Å². The average Bonchev–Trinajstić information content (AvgIpc) is 3.89. The summed E-state index contributed by atoms with van der Waals surface area (Å²) in [4.78, 5) is 5.15. The minimum Gasteiger partial charge on any atom is -0.456 e. The molecule has 0 unspecified atom stereocenters. The fraction of sp³-hybridized carbons (Fsp3) is 0.220. The van der Waals surface area contributed by atoms with E-state index in [4.69, 9.17) is 8.83 Å². The van der Waals surface area contributed by atoms with E-state index in [1.807, 2.05) is 12.1 Å². The lowest BCUT2D eigenvalue weighted by Gasteiger charge is -2.46. The third kappa shape index (κ3) is 6.26. The molecule has 2 aliphatic heterocycles. The van der Waals surface area contributed by atoms with Crippen molar-refractivity contribution in [2.24, 2.45) is 0 Å². The van der Waals surface area contributed by atoms with Crippen molar-refractivity contribution in [1.82, 2.24) is 0 Å². The summed E-state index contributed by atoms with van der Waals surface area (Å²) in [6.45, 7) is 25.2. The van der Waals surface area contributed by atoms with Crippen LogP contribution >= 0.6 is 0 Å². The number of rotatable bonds is 4. The zero-order chi connectivity index (χ0) is 44.6. The van der Waals surface area contributed by atoms with Gasteiger partial charge in [0.2, 0.25) is 0 Å². The smallest absolute Gasteiger partial charge is 0.252 e. The predicted octanol–water partition coefficient (Wildman–Crippen LogP) is 14.7. The quantitative estimate of drug-likeness (QED) is 0.165.